The van der Waals surface area contributed by atoms with Crippen LogP contribution in [0.4, 0.5) is 0 Å². The van der Waals surface area contributed by atoms with Crippen molar-refractivity contribution in [3.05, 3.63) is 12.2 Å². The van der Waals surface area contributed by atoms with Crippen molar-refractivity contribution < 1.29 is 0 Å². The topological polar surface area (TPSA) is 0 Å². The maximum atomic E-state index is 2.45. The van der Waals surface area contributed by atoms with Gasteiger partial charge in [-0.3, -0.25) is 0 Å². The Hall–Kier alpha value is -0.260. The summed E-state index contributed by atoms with van der Waals surface area (Å²) in [6, 6.07) is 0. The summed E-state index contributed by atoms with van der Waals surface area (Å²) in [4.78, 5) is 0. The van der Waals surface area contributed by atoms with Gasteiger partial charge in [0.2, 0.25) is 0 Å². The first kappa shape index (κ1) is 12.8. The molecule has 0 aromatic rings. The Morgan fingerprint density at radius 3 is 2.53 bits per heavy atom. The molecule has 1 saturated carbocycles. The van der Waals surface area contributed by atoms with E-state index in [4.69, 9.17) is 0 Å². The van der Waals surface area contributed by atoms with Gasteiger partial charge in [0.25, 0.3) is 0 Å². The van der Waals surface area contributed by atoms with E-state index < -0.39 is 0 Å². The van der Waals surface area contributed by atoms with E-state index in [0.29, 0.717) is 0 Å². The molecule has 15 heavy (non-hydrogen) atoms. The van der Waals surface area contributed by atoms with Crippen molar-refractivity contribution >= 4 is 0 Å². The molecule has 0 aromatic carbocycles. The third kappa shape index (κ3) is 3.66. The highest BCUT2D eigenvalue weighted by molar-refractivity contribution is 4.91. The van der Waals surface area contributed by atoms with Crippen LogP contribution in [0.1, 0.15) is 59.8 Å². The molecule has 0 nitrogen and oxygen atoms in total. The number of hydrogen-bond donors (Lipinski definition) is 0. The fourth-order valence-electron chi connectivity index (χ4n) is 2.97. The van der Waals surface area contributed by atoms with Gasteiger partial charge >= 0.3 is 0 Å². The second-order valence-electron chi connectivity index (χ2n) is 5.48. The number of allylic oxidation sites excluding steroid dienone is 2. The third-order valence-electron chi connectivity index (χ3n) is 4.43. The van der Waals surface area contributed by atoms with Crippen LogP contribution >= 0.6 is 0 Å². The summed E-state index contributed by atoms with van der Waals surface area (Å²) in [5.74, 6) is 3.65. The molecule has 1 aliphatic rings. The van der Waals surface area contributed by atoms with Crippen molar-refractivity contribution in [1.29, 1.82) is 0 Å². The van der Waals surface area contributed by atoms with Crippen molar-refractivity contribution in [3.8, 4) is 0 Å². The monoisotopic (exact) mass is 208 g/mol. The predicted octanol–water partition coefficient (Wildman–Crippen LogP) is 5.05. The maximum absolute atomic E-state index is 2.45. The Morgan fingerprint density at radius 1 is 1.33 bits per heavy atom. The molecule has 0 aromatic heterocycles. The molecule has 4 unspecified atom stereocenters. The van der Waals surface area contributed by atoms with E-state index in [1.807, 2.05) is 0 Å². The molecule has 0 heteroatoms. The van der Waals surface area contributed by atoms with Gasteiger partial charge in [0.1, 0.15) is 0 Å². The van der Waals surface area contributed by atoms with E-state index in [2.05, 4.69) is 39.8 Å². The molecule has 0 bridgehead atoms. The second-order valence-corrected chi connectivity index (χ2v) is 5.48. The molecular formula is C15H28. The summed E-state index contributed by atoms with van der Waals surface area (Å²) in [7, 11) is 0. The summed E-state index contributed by atoms with van der Waals surface area (Å²) in [6.45, 7) is 9.33. The predicted molar refractivity (Wildman–Crippen MR) is 68.9 cm³/mol. The summed E-state index contributed by atoms with van der Waals surface area (Å²) < 4.78 is 0. The van der Waals surface area contributed by atoms with Crippen molar-refractivity contribution in [3.63, 3.8) is 0 Å². The van der Waals surface area contributed by atoms with Crippen molar-refractivity contribution in [2.24, 2.45) is 23.7 Å². The minimum Gasteiger partial charge on any atom is -0.0914 e. The maximum Gasteiger partial charge on any atom is -0.0205 e. The molecule has 88 valence electrons. The van der Waals surface area contributed by atoms with Crippen LogP contribution in [-0.4, -0.2) is 0 Å². The summed E-state index contributed by atoms with van der Waals surface area (Å²) in [5, 5.41) is 0. The molecule has 1 rings (SSSR count). The Morgan fingerprint density at radius 2 is 2.07 bits per heavy atom. The van der Waals surface area contributed by atoms with Crippen LogP contribution in [0.2, 0.25) is 0 Å². The third-order valence-corrected chi connectivity index (χ3v) is 4.43. The molecule has 0 amide bonds. The highest BCUT2D eigenvalue weighted by atomic mass is 14.3. The zero-order valence-corrected chi connectivity index (χ0v) is 11.0. The minimum atomic E-state index is 0.825. The Kier molecular flexibility index (Phi) is 5.42. The molecule has 0 saturated heterocycles. The first-order chi connectivity index (χ1) is 7.19. The van der Waals surface area contributed by atoms with Gasteiger partial charge in [-0.2, -0.15) is 0 Å². The highest BCUT2D eigenvalue weighted by Crippen LogP contribution is 2.38. The fraction of sp³-hybridized carbons (Fsp3) is 0.867. The van der Waals surface area contributed by atoms with Crippen LogP contribution in [-0.2, 0) is 0 Å². The van der Waals surface area contributed by atoms with Crippen LogP contribution in [0, 0.1) is 23.7 Å². The van der Waals surface area contributed by atoms with Gasteiger partial charge < -0.3 is 0 Å². The second kappa shape index (κ2) is 6.35. The molecule has 0 N–H and O–H groups in total. The molecule has 1 fully saturated rings. The van der Waals surface area contributed by atoms with E-state index in [-0.39, 0.29) is 0 Å². The van der Waals surface area contributed by atoms with E-state index in [0.717, 1.165) is 23.7 Å². The summed E-state index contributed by atoms with van der Waals surface area (Å²) in [6.07, 6.45) is 11.8. The first-order valence-corrected chi connectivity index (χ1v) is 6.81. The first-order valence-electron chi connectivity index (χ1n) is 6.81. The SMILES string of the molecule is C/C=C\C(CC1CCCC1C)C(C)CC. The Bertz CT molecular complexity index is 192. The molecule has 0 heterocycles. The molecular weight excluding hydrogens is 180 g/mol. The van der Waals surface area contributed by atoms with Crippen LogP contribution in [0.3, 0.4) is 0 Å². The largest absolute Gasteiger partial charge is 0.0914 e. The molecule has 0 spiro atoms. The lowest BCUT2D eigenvalue weighted by atomic mass is 9.80. The average molecular weight is 208 g/mol. The zero-order valence-electron chi connectivity index (χ0n) is 11.0. The number of rotatable bonds is 5. The lowest BCUT2D eigenvalue weighted by molar-refractivity contribution is 0.290. The normalized spacial score (nSPS) is 30.9. The van der Waals surface area contributed by atoms with E-state index >= 15 is 0 Å². The zero-order chi connectivity index (χ0) is 11.3. The van der Waals surface area contributed by atoms with Gasteiger partial charge in [0.05, 0.1) is 0 Å². The molecule has 0 aliphatic heterocycles. The van der Waals surface area contributed by atoms with Gasteiger partial charge in [0, 0.05) is 0 Å². The van der Waals surface area contributed by atoms with Gasteiger partial charge in [-0.1, -0.05) is 58.6 Å². The fourth-order valence-corrected chi connectivity index (χ4v) is 2.97. The van der Waals surface area contributed by atoms with E-state index in [1.165, 1.54) is 32.1 Å². The Balaban J connectivity index is 2.50. The van der Waals surface area contributed by atoms with Crippen molar-refractivity contribution in [1.82, 2.24) is 0 Å². The van der Waals surface area contributed by atoms with E-state index in [1.54, 1.807) is 0 Å². The minimum absolute atomic E-state index is 0.825. The average Bonchev–Trinajstić information content (AvgIpc) is 2.63. The van der Waals surface area contributed by atoms with E-state index in [9.17, 15) is 0 Å². The van der Waals surface area contributed by atoms with Crippen LogP contribution < -0.4 is 0 Å². The molecule has 4 atom stereocenters. The van der Waals surface area contributed by atoms with Crippen LogP contribution in [0.25, 0.3) is 0 Å². The van der Waals surface area contributed by atoms with Crippen LogP contribution in [0.5, 0.6) is 0 Å². The quantitative estimate of drug-likeness (QED) is 0.555. The summed E-state index contributed by atoms with van der Waals surface area (Å²) in [5.41, 5.74) is 0. The van der Waals surface area contributed by atoms with Gasteiger partial charge in [0.15, 0.2) is 0 Å². The van der Waals surface area contributed by atoms with Crippen molar-refractivity contribution in [2.45, 2.75) is 59.8 Å². The summed E-state index contributed by atoms with van der Waals surface area (Å²) >= 11 is 0. The van der Waals surface area contributed by atoms with Gasteiger partial charge in [-0.05, 0) is 37.0 Å². The smallest absolute Gasteiger partial charge is 0.0205 e. The standard InChI is InChI=1S/C15H28/c1-5-8-14(12(3)6-2)11-15-10-7-9-13(15)4/h5,8,12-15H,6-7,9-11H2,1-4H3/b8-5-. The van der Waals surface area contributed by atoms with Gasteiger partial charge in [-0.25, -0.2) is 0 Å². The molecule has 1 aliphatic carbocycles. The number of hydrogen-bond acceptors (Lipinski definition) is 0. The van der Waals surface area contributed by atoms with Crippen molar-refractivity contribution in [2.75, 3.05) is 0 Å². The van der Waals surface area contributed by atoms with Crippen LogP contribution in [0.15, 0.2) is 12.2 Å². The lowest BCUT2D eigenvalue weighted by Crippen LogP contribution is -2.15. The van der Waals surface area contributed by atoms with Gasteiger partial charge in [-0.15, -0.1) is 0 Å². The lowest BCUT2D eigenvalue weighted by Gasteiger charge is -2.25. The molecule has 0 radical (unpaired) electrons. The highest BCUT2D eigenvalue weighted by Gasteiger charge is 2.26. The Labute approximate surface area is 96.2 Å².